The average molecular weight is 215 g/mol. The Morgan fingerprint density at radius 2 is 1.88 bits per heavy atom. The molecule has 0 atom stereocenters. The maximum absolute atomic E-state index is 9.53. The zero-order valence-electron chi connectivity index (χ0n) is 9.05. The molecule has 0 amide bonds. The van der Waals surface area contributed by atoms with E-state index in [2.05, 4.69) is 4.98 Å². The maximum Gasteiger partial charge on any atom is 0.257 e. The second-order valence-corrected chi connectivity index (χ2v) is 3.55. The molecule has 2 rings (SSSR count). The summed E-state index contributed by atoms with van der Waals surface area (Å²) in [6.07, 6.45) is 0. The van der Waals surface area contributed by atoms with Crippen molar-refractivity contribution in [1.29, 1.82) is 0 Å². The first-order valence-corrected chi connectivity index (χ1v) is 5.09. The second kappa shape index (κ2) is 4.66. The topological polar surface area (TPSA) is 42.4 Å². The summed E-state index contributed by atoms with van der Waals surface area (Å²) >= 11 is 0. The van der Waals surface area contributed by atoms with E-state index >= 15 is 0 Å². The molecule has 0 aliphatic rings. The lowest BCUT2D eigenvalue weighted by Gasteiger charge is -2.07. The number of rotatable bonds is 3. The van der Waals surface area contributed by atoms with E-state index in [1.807, 2.05) is 37.3 Å². The van der Waals surface area contributed by atoms with Gasteiger partial charge in [0.1, 0.15) is 6.61 Å². The smallest absolute Gasteiger partial charge is 0.257 e. The van der Waals surface area contributed by atoms with Crippen LogP contribution in [0.25, 0.3) is 0 Å². The van der Waals surface area contributed by atoms with Crippen molar-refractivity contribution >= 4 is 0 Å². The van der Waals surface area contributed by atoms with E-state index in [1.54, 1.807) is 12.1 Å². The summed E-state index contributed by atoms with van der Waals surface area (Å²) in [5.41, 5.74) is 1.87. The van der Waals surface area contributed by atoms with Gasteiger partial charge < -0.3 is 9.84 Å². The van der Waals surface area contributed by atoms with Gasteiger partial charge in [0.25, 0.3) is 5.88 Å². The van der Waals surface area contributed by atoms with E-state index in [0.29, 0.717) is 6.61 Å². The van der Waals surface area contributed by atoms with E-state index in [9.17, 15) is 5.11 Å². The molecule has 1 N–H and O–H groups in total. The van der Waals surface area contributed by atoms with Crippen molar-refractivity contribution < 1.29 is 9.84 Å². The lowest BCUT2D eigenvalue weighted by atomic mass is 10.2. The molecule has 0 unspecified atom stereocenters. The standard InChI is InChI=1S/C13H13NO2/c1-10-7-8-12(15)13(14-10)16-9-11-5-3-2-4-6-11/h2-8,15H,9H2,1H3. The number of aromatic hydroxyl groups is 1. The summed E-state index contributed by atoms with van der Waals surface area (Å²) in [5.74, 6) is 0.352. The third-order valence-electron chi connectivity index (χ3n) is 2.20. The van der Waals surface area contributed by atoms with Crippen LogP contribution in [0.1, 0.15) is 11.3 Å². The highest BCUT2D eigenvalue weighted by atomic mass is 16.5. The molecule has 1 aromatic heterocycles. The van der Waals surface area contributed by atoms with Crippen molar-refractivity contribution in [1.82, 2.24) is 4.98 Å². The number of ether oxygens (including phenoxy) is 1. The molecule has 3 heteroatoms. The van der Waals surface area contributed by atoms with Crippen LogP contribution in [0, 0.1) is 6.92 Å². The molecule has 2 aromatic rings. The Kier molecular flexibility index (Phi) is 3.05. The number of aromatic nitrogens is 1. The van der Waals surface area contributed by atoms with Gasteiger partial charge in [-0.15, -0.1) is 0 Å². The van der Waals surface area contributed by atoms with E-state index in [0.717, 1.165) is 11.3 Å². The van der Waals surface area contributed by atoms with E-state index < -0.39 is 0 Å². The summed E-state index contributed by atoms with van der Waals surface area (Å²) in [5, 5.41) is 9.53. The average Bonchev–Trinajstić information content (AvgIpc) is 2.32. The van der Waals surface area contributed by atoms with Crippen molar-refractivity contribution in [2.24, 2.45) is 0 Å². The first-order chi connectivity index (χ1) is 7.75. The Morgan fingerprint density at radius 3 is 2.62 bits per heavy atom. The zero-order valence-corrected chi connectivity index (χ0v) is 9.05. The van der Waals surface area contributed by atoms with Crippen LogP contribution in [-0.4, -0.2) is 10.1 Å². The van der Waals surface area contributed by atoms with Gasteiger partial charge in [-0.2, -0.15) is 0 Å². The van der Waals surface area contributed by atoms with Crippen molar-refractivity contribution in [3.05, 3.63) is 53.7 Å². The highest BCUT2D eigenvalue weighted by molar-refractivity contribution is 5.33. The quantitative estimate of drug-likeness (QED) is 0.855. The van der Waals surface area contributed by atoms with Crippen molar-refractivity contribution in [2.75, 3.05) is 0 Å². The zero-order chi connectivity index (χ0) is 11.4. The normalized spacial score (nSPS) is 10.1. The largest absolute Gasteiger partial charge is 0.503 e. The van der Waals surface area contributed by atoms with Crippen LogP contribution < -0.4 is 4.74 Å². The number of hydrogen-bond donors (Lipinski definition) is 1. The molecule has 0 aliphatic heterocycles. The molecule has 0 aliphatic carbocycles. The fourth-order valence-electron chi connectivity index (χ4n) is 1.36. The number of benzene rings is 1. The van der Waals surface area contributed by atoms with Crippen molar-refractivity contribution in [3.63, 3.8) is 0 Å². The van der Waals surface area contributed by atoms with Crippen molar-refractivity contribution in [2.45, 2.75) is 13.5 Å². The molecule has 3 nitrogen and oxygen atoms in total. The first-order valence-electron chi connectivity index (χ1n) is 5.09. The van der Waals surface area contributed by atoms with Gasteiger partial charge >= 0.3 is 0 Å². The molecule has 1 aromatic carbocycles. The molecule has 0 fully saturated rings. The van der Waals surface area contributed by atoms with Crippen LogP contribution in [0.5, 0.6) is 11.6 Å². The molecular formula is C13H13NO2. The van der Waals surface area contributed by atoms with Crippen LogP contribution in [-0.2, 0) is 6.61 Å². The molecular weight excluding hydrogens is 202 g/mol. The van der Waals surface area contributed by atoms with E-state index in [-0.39, 0.29) is 11.6 Å². The minimum atomic E-state index is 0.0709. The highest BCUT2D eigenvalue weighted by Gasteiger charge is 2.04. The Labute approximate surface area is 94.3 Å². The summed E-state index contributed by atoms with van der Waals surface area (Å²) < 4.78 is 5.44. The van der Waals surface area contributed by atoms with Gasteiger partial charge in [0.15, 0.2) is 5.75 Å². The minimum Gasteiger partial charge on any atom is -0.503 e. The SMILES string of the molecule is Cc1ccc(O)c(OCc2ccccc2)n1. The van der Waals surface area contributed by atoms with E-state index in [4.69, 9.17) is 4.74 Å². The molecule has 0 saturated heterocycles. The predicted octanol–water partition coefficient (Wildman–Crippen LogP) is 2.67. The number of pyridine rings is 1. The van der Waals surface area contributed by atoms with Crippen LogP contribution in [0.3, 0.4) is 0 Å². The third-order valence-corrected chi connectivity index (χ3v) is 2.20. The lowest BCUT2D eigenvalue weighted by molar-refractivity contribution is 0.276. The molecule has 0 spiro atoms. The molecule has 0 saturated carbocycles. The van der Waals surface area contributed by atoms with Gasteiger partial charge in [-0.25, -0.2) is 4.98 Å². The summed E-state index contributed by atoms with van der Waals surface area (Å²) in [7, 11) is 0. The number of aryl methyl sites for hydroxylation is 1. The van der Waals surface area contributed by atoms with Gasteiger partial charge in [0.2, 0.25) is 0 Å². The molecule has 0 radical (unpaired) electrons. The van der Waals surface area contributed by atoms with Crippen LogP contribution >= 0.6 is 0 Å². The van der Waals surface area contributed by atoms with Crippen LogP contribution in [0.2, 0.25) is 0 Å². The van der Waals surface area contributed by atoms with Gasteiger partial charge in [-0.3, -0.25) is 0 Å². The molecule has 1 heterocycles. The Bertz CT molecular complexity index is 469. The summed E-state index contributed by atoms with van der Waals surface area (Å²) in [6.45, 7) is 2.26. The Balaban J connectivity index is 2.08. The third kappa shape index (κ3) is 2.51. The van der Waals surface area contributed by atoms with Gasteiger partial charge in [0, 0.05) is 5.69 Å². The van der Waals surface area contributed by atoms with E-state index in [1.165, 1.54) is 0 Å². The fraction of sp³-hybridized carbons (Fsp3) is 0.154. The molecule has 0 bridgehead atoms. The minimum absolute atomic E-state index is 0.0709. The molecule has 82 valence electrons. The Hall–Kier alpha value is -2.03. The maximum atomic E-state index is 9.53. The fourth-order valence-corrected chi connectivity index (χ4v) is 1.36. The van der Waals surface area contributed by atoms with Gasteiger partial charge in [0.05, 0.1) is 0 Å². The van der Waals surface area contributed by atoms with Crippen molar-refractivity contribution in [3.8, 4) is 11.6 Å². The van der Waals surface area contributed by atoms with Crippen LogP contribution in [0.4, 0.5) is 0 Å². The Morgan fingerprint density at radius 1 is 1.12 bits per heavy atom. The lowest BCUT2D eigenvalue weighted by Crippen LogP contribution is -1.98. The van der Waals surface area contributed by atoms with Crippen LogP contribution in [0.15, 0.2) is 42.5 Å². The number of hydrogen-bond acceptors (Lipinski definition) is 3. The predicted molar refractivity (Wildman–Crippen MR) is 61.4 cm³/mol. The molecule has 16 heavy (non-hydrogen) atoms. The number of nitrogens with zero attached hydrogens (tertiary/aromatic N) is 1. The summed E-state index contributed by atoms with van der Waals surface area (Å²) in [6, 6.07) is 13.1. The second-order valence-electron chi connectivity index (χ2n) is 3.55. The highest BCUT2D eigenvalue weighted by Crippen LogP contribution is 2.23. The first kappa shape index (κ1) is 10.5. The summed E-state index contributed by atoms with van der Waals surface area (Å²) in [4.78, 5) is 4.12. The van der Waals surface area contributed by atoms with Gasteiger partial charge in [-0.05, 0) is 24.6 Å². The van der Waals surface area contributed by atoms with Gasteiger partial charge in [-0.1, -0.05) is 30.3 Å². The monoisotopic (exact) mass is 215 g/mol.